The second kappa shape index (κ2) is 9.41. The fourth-order valence-electron chi connectivity index (χ4n) is 2.65. The fraction of sp³-hybridized carbons (Fsp3) is 0.350. The maximum absolute atomic E-state index is 12.7. The molecule has 0 saturated heterocycles. The number of aryl methyl sites for hydroxylation is 1. The van der Waals surface area contributed by atoms with Crippen LogP contribution in [-0.2, 0) is 21.2 Å². The third-order valence-electron chi connectivity index (χ3n) is 4.17. The van der Waals surface area contributed by atoms with Crippen molar-refractivity contribution in [2.75, 3.05) is 18.9 Å². The molecule has 0 aliphatic carbocycles. The summed E-state index contributed by atoms with van der Waals surface area (Å²) in [5.41, 5.74) is 1.50. The zero-order valence-corrected chi connectivity index (χ0v) is 16.6. The molecular formula is C20H25NO5S. The van der Waals surface area contributed by atoms with Crippen molar-refractivity contribution in [2.45, 2.75) is 37.5 Å². The number of hydrogen-bond acceptors (Lipinski definition) is 5. The quantitative estimate of drug-likeness (QED) is 0.516. The van der Waals surface area contributed by atoms with E-state index in [-0.39, 0.29) is 16.1 Å². The molecule has 0 fully saturated rings. The molecule has 0 atom stereocenters. The molecule has 0 aliphatic heterocycles. The van der Waals surface area contributed by atoms with Gasteiger partial charge < -0.3 is 9.47 Å². The minimum absolute atomic E-state index is 0.146. The summed E-state index contributed by atoms with van der Waals surface area (Å²) in [6.07, 6.45) is 4.30. The van der Waals surface area contributed by atoms with Gasteiger partial charge in [0, 0.05) is 0 Å². The predicted molar refractivity (Wildman–Crippen MR) is 105 cm³/mol. The van der Waals surface area contributed by atoms with Crippen molar-refractivity contribution in [3.05, 3.63) is 53.6 Å². The van der Waals surface area contributed by atoms with Crippen molar-refractivity contribution in [1.29, 1.82) is 0 Å². The number of carbonyl (C=O) groups is 1. The van der Waals surface area contributed by atoms with Crippen LogP contribution in [-0.4, -0.2) is 28.6 Å². The molecule has 0 saturated carbocycles. The summed E-state index contributed by atoms with van der Waals surface area (Å²) in [6, 6.07) is 11.2. The molecule has 146 valence electrons. The van der Waals surface area contributed by atoms with Gasteiger partial charge in [-0.15, -0.1) is 0 Å². The van der Waals surface area contributed by atoms with E-state index in [1.165, 1.54) is 32.4 Å². The topological polar surface area (TPSA) is 81.7 Å². The van der Waals surface area contributed by atoms with E-state index in [1.54, 1.807) is 12.1 Å². The summed E-state index contributed by atoms with van der Waals surface area (Å²) in [7, 11) is -1.13. The lowest BCUT2D eigenvalue weighted by Gasteiger charge is -2.13. The van der Waals surface area contributed by atoms with Crippen molar-refractivity contribution < 1.29 is 22.7 Å². The second-order valence-electron chi connectivity index (χ2n) is 6.11. The number of ether oxygens (including phenoxy) is 2. The second-order valence-corrected chi connectivity index (χ2v) is 7.80. The first-order valence-electron chi connectivity index (χ1n) is 8.79. The van der Waals surface area contributed by atoms with Crippen molar-refractivity contribution in [1.82, 2.24) is 0 Å². The predicted octanol–water partition coefficient (Wildman–Crippen LogP) is 4.02. The molecule has 0 aromatic heterocycles. The SMILES string of the molecule is CCCCCc1ccc(S(=O)(=O)Nc2cc(C(=O)OC)ccc2OC)cc1. The number of carbonyl (C=O) groups excluding carboxylic acids is 1. The molecule has 0 heterocycles. The highest BCUT2D eigenvalue weighted by molar-refractivity contribution is 7.92. The fourth-order valence-corrected chi connectivity index (χ4v) is 3.71. The molecule has 27 heavy (non-hydrogen) atoms. The molecular weight excluding hydrogens is 366 g/mol. The van der Waals surface area contributed by atoms with Gasteiger partial charge in [0.25, 0.3) is 10.0 Å². The first kappa shape index (κ1) is 20.8. The Labute approximate surface area is 160 Å². The van der Waals surface area contributed by atoms with Crippen LogP contribution in [0.25, 0.3) is 0 Å². The third-order valence-corrected chi connectivity index (χ3v) is 5.55. The maximum Gasteiger partial charge on any atom is 0.337 e. The molecule has 6 nitrogen and oxygen atoms in total. The number of hydrogen-bond donors (Lipinski definition) is 1. The highest BCUT2D eigenvalue weighted by atomic mass is 32.2. The Bertz CT molecular complexity index is 876. The van der Waals surface area contributed by atoms with Crippen LogP contribution in [0.4, 0.5) is 5.69 Å². The zero-order valence-electron chi connectivity index (χ0n) is 15.8. The normalized spacial score (nSPS) is 11.1. The van der Waals surface area contributed by atoms with Gasteiger partial charge in [-0.1, -0.05) is 31.9 Å². The first-order valence-corrected chi connectivity index (χ1v) is 10.3. The molecule has 1 N–H and O–H groups in total. The van der Waals surface area contributed by atoms with Crippen LogP contribution >= 0.6 is 0 Å². The van der Waals surface area contributed by atoms with Crippen LogP contribution in [0.15, 0.2) is 47.4 Å². The van der Waals surface area contributed by atoms with E-state index in [0.29, 0.717) is 5.75 Å². The molecule has 0 aliphatic rings. The van der Waals surface area contributed by atoms with E-state index in [4.69, 9.17) is 4.74 Å². The standard InChI is InChI=1S/C20H25NO5S/c1-4-5-6-7-15-8-11-17(12-9-15)27(23,24)21-18-14-16(20(22)26-3)10-13-19(18)25-2/h8-14,21H,4-7H2,1-3H3. The highest BCUT2D eigenvalue weighted by Gasteiger charge is 2.18. The minimum Gasteiger partial charge on any atom is -0.495 e. The molecule has 2 aromatic rings. The van der Waals surface area contributed by atoms with Crippen LogP contribution in [0, 0.1) is 0 Å². The monoisotopic (exact) mass is 391 g/mol. The molecule has 7 heteroatoms. The smallest absolute Gasteiger partial charge is 0.337 e. The summed E-state index contributed by atoms with van der Waals surface area (Å²) >= 11 is 0. The number of methoxy groups -OCH3 is 2. The first-order chi connectivity index (χ1) is 12.9. The Hall–Kier alpha value is -2.54. The number of benzene rings is 2. The molecule has 0 radical (unpaired) electrons. The largest absolute Gasteiger partial charge is 0.495 e. The van der Waals surface area contributed by atoms with E-state index >= 15 is 0 Å². The average Bonchev–Trinajstić information content (AvgIpc) is 2.67. The Kier molecular flexibility index (Phi) is 7.24. The number of unbranched alkanes of at least 4 members (excludes halogenated alkanes) is 2. The van der Waals surface area contributed by atoms with E-state index in [0.717, 1.165) is 31.2 Å². The van der Waals surface area contributed by atoms with Gasteiger partial charge in [0.15, 0.2) is 0 Å². The number of sulfonamides is 1. The van der Waals surface area contributed by atoms with Crippen LogP contribution in [0.5, 0.6) is 5.75 Å². The van der Waals surface area contributed by atoms with Crippen molar-refractivity contribution in [2.24, 2.45) is 0 Å². The van der Waals surface area contributed by atoms with E-state index in [9.17, 15) is 13.2 Å². The third kappa shape index (κ3) is 5.47. The van der Waals surface area contributed by atoms with Crippen LogP contribution < -0.4 is 9.46 Å². The van der Waals surface area contributed by atoms with Gasteiger partial charge in [-0.2, -0.15) is 0 Å². The Morgan fingerprint density at radius 3 is 2.33 bits per heavy atom. The minimum atomic E-state index is -3.82. The van der Waals surface area contributed by atoms with Crippen LogP contribution in [0.1, 0.15) is 42.1 Å². The molecule has 2 aromatic carbocycles. The van der Waals surface area contributed by atoms with E-state index in [2.05, 4.69) is 16.4 Å². The van der Waals surface area contributed by atoms with E-state index < -0.39 is 16.0 Å². The van der Waals surface area contributed by atoms with Gasteiger partial charge in [-0.3, -0.25) is 4.72 Å². The summed E-state index contributed by atoms with van der Waals surface area (Å²) in [6.45, 7) is 2.14. The average molecular weight is 391 g/mol. The molecule has 0 amide bonds. The van der Waals surface area contributed by atoms with Crippen molar-refractivity contribution >= 4 is 21.7 Å². The summed E-state index contributed by atoms with van der Waals surface area (Å²) < 4.78 is 37.8. The summed E-state index contributed by atoms with van der Waals surface area (Å²) in [4.78, 5) is 11.9. The number of esters is 1. The maximum atomic E-state index is 12.7. The van der Waals surface area contributed by atoms with Gasteiger partial charge in [0.1, 0.15) is 5.75 Å². The van der Waals surface area contributed by atoms with Crippen LogP contribution in [0.3, 0.4) is 0 Å². The van der Waals surface area contributed by atoms with Gasteiger partial charge in [0.05, 0.1) is 30.4 Å². The molecule has 0 unspecified atom stereocenters. The highest BCUT2D eigenvalue weighted by Crippen LogP contribution is 2.28. The number of nitrogens with one attached hydrogen (secondary N) is 1. The van der Waals surface area contributed by atoms with Crippen LogP contribution in [0.2, 0.25) is 0 Å². The Morgan fingerprint density at radius 1 is 1.04 bits per heavy atom. The van der Waals surface area contributed by atoms with Gasteiger partial charge >= 0.3 is 5.97 Å². The summed E-state index contributed by atoms with van der Waals surface area (Å²) in [5, 5.41) is 0. The molecule has 0 spiro atoms. The number of anilines is 1. The summed E-state index contributed by atoms with van der Waals surface area (Å²) in [5.74, 6) is -0.253. The van der Waals surface area contributed by atoms with Crippen molar-refractivity contribution in [3.8, 4) is 5.75 Å². The zero-order chi connectivity index (χ0) is 19.9. The lowest BCUT2D eigenvalue weighted by Crippen LogP contribution is -2.14. The van der Waals surface area contributed by atoms with Crippen molar-refractivity contribution in [3.63, 3.8) is 0 Å². The lowest BCUT2D eigenvalue weighted by atomic mass is 10.1. The Balaban J connectivity index is 2.23. The lowest BCUT2D eigenvalue weighted by molar-refractivity contribution is 0.0600. The number of rotatable bonds is 9. The van der Waals surface area contributed by atoms with Gasteiger partial charge in [-0.05, 0) is 48.7 Å². The Morgan fingerprint density at radius 2 is 1.74 bits per heavy atom. The molecule has 0 bridgehead atoms. The van der Waals surface area contributed by atoms with E-state index in [1.807, 2.05) is 12.1 Å². The van der Waals surface area contributed by atoms with Gasteiger partial charge in [-0.25, -0.2) is 13.2 Å². The molecule has 2 rings (SSSR count). The van der Waals surface area contributed by atoms with Gasteiger partial charge in [0.2, 0.25) is 0 Å².